The molecule has 0 unspecified atom stereocenters. The van der Waals surface area contributed by atoms with Crippen LogP contribution >= 0.6 is 11.6 Å². The summed E-state index contributed by atoms with van der Waals surface area (Å²) in [4.78, 5) is 20.1. The molecule has 1 saturated heterocycles. The molecule has 1 fully saturated rings. The number of anilines is 2. The number of carbonyl (C=O) groups is 1. The van der Waals surface area contributed by atoms with Crippen LogP contribution in [0.2, 0.25) is 5.02 Å². The van der Waals surface area contributed by atoms with E-state index >= 15 is 0 Å². The van der Waals surface area contributed by atoms with Crippen LogP contribution in [0.1, 0.15) is 15.9 Å². The highest BCUT2D eigenvalue weighted by molar-refractivity contribution is 7.92. The van der Waals surface area contributed by atoms with E-state index in [0.717, 1.165) is 18.2 Å². The Morgan fingerprint density at radius 1 is 0.971 bits per heavy atom. The number of alkyl halides is 3. The van der Waals surface area contributed by atoms with Crippen molar-refractivity contribution in [3.8, 4) is 0 Å². The van der Waals surface area contributed by atoms with Crippen LogP contribution in [-0.4, -0.2) is 50.4 Å². The van der Waals surface area contributed by atoms with Crippen LogP contribution in [0.3, 0.4) is 0 Å². The summed E-state index contributed by atoms with van der Waals surface area (Å²) in [6.07, 6.45) is -3.36. The van der Waals surface area contributed by atoms with E-state index in [0.29, 0.717) is 48.6 Å². The lowest BCUT2D eigenvalue weighted by atomic mass is 10.2. The molecule has 2 heterocycles. The molecule has 0 spiro atoms. The van der Waals surface area contributed by atoms with E-state index in [1.54, 1.807) is 35.2 Å². The van der Waals surface area contributed by atoms with Crippen LogP contribution in [0.4, 0.5) is 24.7 Å². The Balaban J connectivity index is 1.39. The third-order valence-corrected chi connectivity index (χ3v) is 7.18. The summed E-state index contributed by atoms with van der Waals surface area (Å²) < 4.78 is 66.1. The quantitative estimate of drug-likeness (QED) is 0.531. The van der Waals surface area contributed by atoms with Crippen LogP contribution in [0, 0.1) is 0 Å². The Morgan fingerprint density at radius 2 is 1.69 bits per heavy atom. The van der Waals surface area contributed by atoms with Crippen molar-refractivity contribution in [3.05, 3.63) is 83.0 Å². The summed E-state index contributed by atoms with van der Waals surface area (Å²) >= 11 is 6.12. The number of nitrogens with one attached hydrogen (secondary N) is 1. The Hall–Kier alpha value is -3.31. The number of hydrogen-bond acceptors (Lipinski definition) is 5. The molecule has 0 atom stereocenters. The van der Waals surface area contributed by atoms with Crippen LogP contribution in [0.25, 0.3) is 0 Å². The zero-order chi connectivity index (χ0) is 25.2. The van der Waals surface area contributed by atoms with Gasteiger partial charge in [0.25, 0.3) is 15.9 Å². The second-order valence-electron chi connectivity index (χ2n) is 7.80. The van der Waals surface area contributed by atoms with Gasteiger partial charge in [0, 0.05) is 26.2 Å². The average molecular weight is 525 g/mol. The van der Waals surface area contributed by atoms with Gasteiger partial charge in [-0.3, -0.25) is 9.52 Å². The highest BCUT2D eigenvalue weighted by atomic mass is 35.5. The zero-order valence-electron chi connectivity index (χ0n) is 18.2. The van der Waals surface area contributed by atoms with Crippen LogP contribution < -0.4 is 9.62 Å². The summed E-state index contributed by atoms with van der Waals surface area (Å²) in [5.41, 5.74) is -0.502. The highest BCUT2D eigenvalue weighted by Crippen LogP contribution is 2.31. The molecule has 4 rings (SSSR count). The smallest absolute Gasteiger partial charge is 0.353 e. The van der Waals surface area contributed by atoms with Gasteiger partial charge in [-0.15, -0.1) is 0 Å². The highest BCUT2D eigenvalue weighted by Gasteiger charge is 2.31. The number of nitrogens with zero attached hydrogens (tertiary/aromatic N) is 3. The summed E-state index contributed by atoms with van der Waals surface area (Å²) in [5, 5.41) is 0.393. The first-order valence-electron chi connectivity index (χ1n) is 10.5. The number of sulfonamides is 1. The zero-order valence-corrected chi connectivity index (χ0v) is 19.7. The number of pyridine rings is 1. The maximum atomic E-state index is 12.9. The first kappa shape index (κ1) is 24.8. The van der Waals surface area contributed by atoms with Crippen molar-refractivity contribution < 1.29 is 26.4 Å². The predicted octanol–water partition coefficient (Wildman–Crippen LogP) is 4.52. The molecular weight excluding hydrogens is 505 g/mol. The van der Waals surface area contributed by atoms with E-state index in [4.69, 9.17) is 11.6 Å². The second-order valence-corrected chi connectivity index (χ2v) is 9.88. The van der Waals surface area contributed by atoms with Crippen molar-refractivity contribution in [2.24, 2.45) is 0 Å². The number of carbonyl (C=O) groups excluding carboxylic acids is 1. The number of hydrogen-bond donors (Lipinski definition) is 1. The third kappa shape index (κ3) is 5.68. The first-order valence-corrected chi connectivity index (χ1v) is 12.4. The minimum atomic E-state index is -4.66. The van der Waals surface area contributed by atoms with Crippen molar-refractivity contribution in [2.75, 3.05) is 35.8 Å². The summed E-state index contributed by atoms with van der Waals surface area (Å²) in [7, 11) is -4.24. The summed E-state index contributed by atoms with van der Waals surface area (Å²) in [5.74, 6) is 0.430. The maximum Gasteiger partial charge on any atom is 0.416 e. The number of amides is 1. The molecule has 1 amide bonds. The fourth-order valence-corrected chi connectivity index (χ4v) is 4.94. The standard InChI is InChI=1S/C23H20ClF3N4O3S/c24-20-7-2-1-6-19(20)22(32)31-12-10-30(11-13-31)21-9-8-17(15-28-21)29-35(33,34)18-5-3-4-16(14-18)23(25,26)27/h1-9,14-15,29H,10-13H2. The number of aromatic nitrogens is 1. The minimum Gasteiger partial charge on any atom is -0.353 e. The Labute approximate surface area is 205 Å². The summed E-state index contributed by atoms with van der Waals surface area (Å²) in [6.45, 7) is 1.93. The molecule has 0 bridgehead atoms. The molecule has 7 nitrogen and oxygen atoms in total. The molecule has 35 heavy (non-hydrogen) atoms. The average Bonchev–Trinajstić information content (AvgIpc) is 2.84. The molecule has 12 heteroatoms. The minimum absolute atomic E-state index is 0.110. The molecule has 3 aromatic rings. The number of piperazine rings is 1. The van der Waals surface area contributed by atoms with Gasteiger partial charge in [0.05, 0.1) is 32.9 Å². The predicted molar refractivity (Wildman–Crippen MR) is 126 cm³/mol. The van der Waals surface area contributed by atoms with Crippen molar-refractivity contribution in [2.45, 2.75) is 11.1 Å². The van der Waals surface area contributed by atoms with Gasteiger partial charge in [-0.25, -0.2) is 13.4 Å². The molecule has 184 valence electrons. The number of rotatable bonds is 5. The van der Waals surface area contributed by atoms with Gasteiger partial charge < -0.3 is 9.80 Å². The number of halogens is 4. The molecule has 0 saturated carbocycles. The second kappa shape index (κ2) is 9.74. The van der Waals surface area contributed by atoms with Crippen molar-refractivity contribution >= 4 is 39.0 Å². The van der Waals surface area contributed by atoms with E-state index in [2.05, 4.69) is 9.71 Å². The molecule has 0 radical (unpaired) electrons. The fraction of sp³-hybridized carbons (Fsp3) is 0.217. The molecule has 1 aliphatic rings. The van der Waals surface area contributed by atoms with Gasteiger partial charge in [0.15, 0.2) is 0 Å². The largest absolute Gasteiger partial charge is 0.416 e. The normalized spacial score (nSPS) is 14.6. The van der Waals surface area contributed by atoms with E-state index in [1.807, 2.05) is 4.90 Å². The lowest BCUT2D eigenvalue weighted by Gasteiger charge is -2.35. The molecule has 2 aromatic carbocycles. The third-order valence-electron chi connectivity index (χ3n) is 5.47. The van der Waals surface area contributed by atoms with Gasteiger partial charge >= 0.3 is 6.18 Å². The Kier molecular flexibility index (Phi) is 6.91. The van der Waals surface area contributed by atoms with Gasteiger partial charge in [-0.05, 0) is 42.5 Å². The molecule has 1 N–H and O–H groups in total. The topological polar surface area (TPSA) is 82.6 Å². The van der Waals surface area contributed by atoms with Gasteiger partial charge in [-0.1, -0.05) is 29.8 Å². The first-order chi connectivity index (χ1) is 16.5. The SMILES string of the molecule is O=C(c1ccccc1Cl)N1CCN(c2ccc(NS(=O)(=O)c3cccc(C(F)(F)F)c3)cn2)CC1. The molecule has 1 aliphatic heterocycles. The molecule has 0 aliphatic carbocycles. The Morgan fingerprint density at radius 3 is 2.31 bits per heavy atom. The van der Waals surface area contributed by atoms with E-state index < -0.39 is 26.7 Å². The molecular formula is C23H20ClF3N4O3S. The van der Waals surface area contributed by atoms with Crippen molar-refractivity contribution in [1.29, 1.82) is 0 Å². The van der Waals surface area contributed by atoms with Crippen molar-refractivity contribution in [1.82, 2.24) is 9.88 Å². The van der Waals surface area contributed by atoms with Crippen LogP contribution in [-0.2, 0) is 16.2 Å². The Bertz CT molecular complexity index is 1330. The van der Waals surface area contributed by atoms with E-state index in [9.17, 15) is 26.4 Å². The van der Waals surface area contributed by atoms with Crippen LogP contribution in [0.5, 0.6) is 0 Å². The lowest BCUT2D eigenvalue weighted by molar-refractivity contribution is -0.137. The van der Waals surface area contributed by atoms with E-state index in [-0.39, 0.29) is 11.6 Å². The lowest BCUT2D eigenvalue weighted by Crippen LogP contribution is -2.49. The van der Waals surface area contributed by atoms with Gasteiger partial charge in [0.1, 0.15) is 5.82 Å². The molecule has 1 aromatic heterocycles. The van der Waals surface area contributed by atoms with Gasteiger partial charge in [0.2, 0.25) is 0 Å². The fourth-order valence-electron chi connectivity index (χ4n) is 3.63. The number of benzene rings is 2. The van der Waals surface area contributed by atoms with Crippen molar-refractivity contribution in [3.63, 3.8) is 0 Å². The van der Waals surface area contributed by atoms with Crippen LogP contribution in [0.15, 0.2) is 71.8 Å². The summed E-state index contributed by atoms with van der Waals surface area (Å²) in [6, 6.07) is 13.4. The maximum absolute atomic E-state index is 12.9. The monoisotopic (exact) mass is 524 g/mol. The van der Waals surface area contributed by atoms with Gasteiger partial charge in [-0.2, -0.15) is 13.2 Å². The van der Waals surface area contributed by atoms with E-state index in [1.165, 1.54) is 12.3 Å².